The lowest BCUT2D eigenvalue weighted by Crippen LogP contribution is -2.26. The molecule has 0 aliphatic heterocycles. The summed E-state index contributed by atoms with van der Waals surface area (Å²) in [5, 5.41) is 0.213. The van der Waals surface area contributed by atoms with E-state index in [1.165, 1.54) is 29.6 Å². The number of thiocarbonyl (C=S) groups is 1. The number of rotatable bonds is 4. The van der Waals surface area contributed by atoms with Crippen LogP contribution in [0.4, 0.5) is 5.69 Å². The minimum Gasteiger partial charge on any atom is -0.389 e. The summed E-state index contributed by atoms with van der Waals surface area (Å²) in [5.74, 6) is 0. The Hall–Kier alpha value is -1.63. The quantitative estimate of drug-likeness (QED) is 0.869. The molecule has 110 valence electrons. The molecule has 7 heteroatoms. The molecule has 0 aromatic heterocycles. The molecule has 0 saturated heterocycles. The first-order chi connectivity index (χ1) is 9.84. The number of anilines is 1. The van der Waals surface area contributed by atoms with E-state index in [4.69, 9.17) is 29.6 Å². The van der Waals surface area contributed by atoms with Gasteiger partial charge in [0.2, 0.25) is 0 Å². The Morgan fingerprint density at radius 1 is 1.19 bits per heavy atom. The van der Waals surface area contributed by atoms with Crippen molar-refractivity contribution >= 4 is 44.5 Å². The van der Waals surface area contributed by atoms with Crippen LogP contribution in [-0.2, 0) is 10.0 Å². The third-order valence-electron chi connectivity index (χ3n) is 2.98. The highest BCUT2D eigenvalue weighted by Crippen LogP contribution is 2.25. The highest BCUT2D eigenvalue weighted by molar-refractivity contribution is 7.92. The molecule has 4 nitrogen and oxygen atoms in total. The summed E-state index contributed by atoms with van der Waals surface area (Å²) in [7, 11) is -2.21. The molecule has 0 aliphatic rings. The van der Waals surface area contributed by atoms with Crippen LogP contribution in [0.3, 0.4) is 0 Å². The summed E-state index contributed by atoms with van der Waals surface area (Å²) in [6.07, 6.45) is 0. The fourth-order valence-electron chi connectivity index (χ4n) is 1.79. The molecule has 2 aromatic rings. The molecule has 0 bridgehead atoms. The van der Waals surface area contributed by atoms with Gasteiger partial charge in [-0.15, -0.1) is 0 Å². The Morgan fingerprint density at radius 2 is 1.81 bits per heavy atom. The monoisotopic (exact) mass is 340 g/mol. The lowest BCUT2D eigenvalue weighted by molar-refractivity contribution is 0.594. The average molecular weight is 341 g/mol. The van der Waals surface area contributed by atoms with Crippen molar-refractivity contribution in [1.82, 2.24) is 0 Å². The van der Waals surface area contributed by atoms with Crippen molar-refractivity contribution in [1.29, 1.82) is 0 Å². The van der Waals surface area contributed by atoms with E-state index in [1.807, 2.05) is 6.07 Å². The second-order valence-corrected chi connectivity index (χ2v) is 7.13. The molecule has 0 radical (unpaired) electrons. The first-order valence-electron chi connectivity index (χ1n) is 5.97. The predicted molar refractivity (Wildman–Crippen MR) is 89.4 cm³/mol. The minimum atomic E-state index is -3.69. The van der Waals surface area contributed by atoms with Crippen LogP contribution in [0.5, 0.6) is 0 Å². The Bertz CT molecular complexity index is 777. The van der Waals surface area contributed by atoms with E-state index in [0.717, 1.165) is 0 Å². The molecule has 0 heterocycles. The molecule has 0 amide bonds. The molecular weight excluding hydrogens is 328 g/mol. The number of sulfonamides is 1. The zero-order valence-electron chi connectivity index (χ0n) is 11.2. The second kappa shape index (κ2) is 6.01. The van der Waals surface area contributed by atoms with Gasteiger partial charge < -0.3 is 5.73 Å². The van der Waals surface area contributed by atoms with Gasteiger partial charge in [-0.1, -0.05) is 42.0 Å². The maximum absolute atomic E-state index is 12.6. The van der Waals surface area contributed by atoms with Gasteiger partial charge in [0.1, 0.15) is 4.99 Å². The van der Waals surface area contributed by atoms with Crippen molar-refractivity contribution in [3.8, 4) is 0 Å². The predicted octanol–water partition coefficient (Wildman–Crippen LogP) is 2.80. The van der Waals surface area contributed by atoms with Gasteiger partial charge in [-0.05, 0) is 30.3 Å². The molecule has 0 spiro atoms. The van der Waals surface area contributed by atoms with Gasteiger partial charge >= 0.3 is 0 Å². The van der Waals surface area contributed by atoms with Crippen LogP contribution in [0.15, 0.2) is 53.4 Å². The molecule has 2 N–H and O–H groups in total. The van der Waals surface area contributed by atoms with E-state index in [-0.39, 0.29) is 14.9 Å². The van der Waals surface area contributed by atoms with Crippen LogP contribution in [0.25, 0.3) is 0 Å². The Kier molecular flexibility index (Phi) is 4.51. The largest absolute Gasteiger partial charge is 0.389 e. The van der Waals surface area contributed by atoms with Crippen molar-refractivity contribution in [2.75, 3.05) is 11.4 Å². The van der Waals surface area contributed by atoms with Gasteiger partial charge in [-0.3, -0.25) is 4.31 Å². The Morgan fingerprint density at radius 3 is 2.33 bits per heavy atom. The van der Waals surface area contributed by atoms with E-state index >= 15 is 0 Å². The fraction of sp³-hybridized carbons (Fsp3) is 0.0714. The third-order valence-corrected chi connectivity index (χ3v) is 5.30. The molecule has 0 aliphatic carbocycles. The molecule has 0 unspecified atom stereocenters. The van der Waals surface area contributed by atoms with Crippen LogP contribution in [-0.4, -0.2) is 20.5 Å². The third kappa shape index (κ3) is 3.18. The van der Waals surface area contributed by atoms with Crippen molar-refractivity contribution in [3.05, 3.63) is 59.1 Å². The minimum absolute atomic E-state index is 0.0823. The zero-order chi connectivity index (χ0) is 15.6. The van der Waals surface area contributed by atoms with Crippen molar-refractivity contribution in [3.63, 3.8) is 0 Å². The summed E-state index contributed by atoms with van der Waals surface area (Å²) in [5.41, 5.74) is 6.53. The average Bonchev–Trinajstić information content (AvgIpc) is 2.46. The van der Waals surface area contributed by atoms with E-state index < -0.39 is 10.0 Å². The van der Waals surface area contributed by atoms with E-state index in [1.54, 1.807) is 24.3 Å². The van der Waals surface area contributed by atoms with E-state index in [2.05, 4.69) is 0 Å². The highest BCUT2D eigenvalue weighted by atomic mass is 35.5. The van der Waals surface area contributed by atoms with Crippen LogP contribution in [0, 0.1) is 0 Å². The summed E-state index contributed by atoms with van der Waals surface area (Å²) >= 11 is 10.9. The number of benzene rings is 2. The topological polar surface area (TPSA) is 63.4 Å². The Balaban J connectivity index is 2.45. The number of nitrogens with zero attached hydrogens (tertiary/aromatic N) is 1. The van der Waals surface area contributed by atoms with E-state index in [9.17, 15) is 8.42 Å². The molecule has 2 aromatic carbocycles. The first-order valence-corrected chi connectivity index (χ1v) is 8.20. The molecule has 0 saturated carbocycles. The van der Waals surface area contributed by atoms with E-state index in [0.29, 0.717) is 11.3 Å². The van der Waals surface area contributed by atoms with Gasteiger partial charge in [-0.25, -0.2) is 8.42 Å². The smallest absolute Gasteiger partial charge is 0.264 e. The first kappa shape index (κ1) is 15.8. The number of nitrogens with two attached hydrogens (primary N) is 1. The molecule has 2 rings (SSSR count). The number of para-hydroxylation sites is 1. The molecule has 0 atom stereocenters. The zero-order valence-corrected chi connectivity index (χ0v) is 13.5. The molecular formula is C14H13ClN2O2S2. The maximum Gasteiger partial charge on any atom is 0.264 e. The normalized spacial score (nSPS) is 11.1. The number of hydrogen-bond donors (Lipinski definition) is 1. The fourth-order valence-corrected chi connectivity index (χ4v) is 3.59. The summed E-state index contributed by atoms with van der Waals surface area (Å²) in [6.45, 7) is 0. The van der Waals surface area contributed by atoms with Crippen molar-refractivity contribution in [2.45, 2.75) is 4.90 Å². The molecule has 0 fully saturated rings. The lowest BCUT2D eigenvalue weighted by Gasteiger charge is -2.19. The SMILES string of the molecule is CN(c1ccccc1)S(=O)(=O)c1ccc(C(N)=S)c(Cl)c1. The van der Waals surface area contributed by atoms with Crippen LogP contribution >= 0.6 is 23.8 Å². The van der Waals surface area contributed by atoms with Gasteiger partial charge in [0.05, 0.1) is 15.6 Å². The summed E-state index contributed by atoms with van der Waals surface area (Å²) in [4.78, 5) is 0.208. The summed E-state index contributed by atoms with van der Waals surface area (Å²) < 4.78 is 26.3. The summed E-state index contributed by atoms with van der Waals surface area (Å²) in [6, 6.07) is 13.1. The maximum atomic E-state index is 12.6. The standard InChI is InChI=1S/C14H13ClN2O2S2/c1-17(10-5-3-2-4-6-10)21(18,19)11-7-8-12(14(16)20)13(15)9-11/h2-9H,1H3,(H2,16,20). The van der Waals surface area contributed by atoms with Crippen molar-refractivity contribution < 1.29 is 8.42 Å². The van der Waals surface area contributed by atoms with Crippen LogP contribution in [0.1, 0.15) is 5.56 Å². The van der Waals surface area contributed by atoms with Gasteiger partial charge in [0, 0.05) is 12.6 Å². The number of halogens is 1. The van der Waals surface area contributed by atoms with Gasteiger partial charge in [-0.2, -0.15) is 0 Å². The van der Waals surface area contributed by atoms with Gasteiger partial charge in [0.25, 0.3) is 10.0 Å². The number of hydrogen-bond acceptors (Lipinski definition) is 3. The van der Waals surface area contributed by atoms with Crippen LogP contribution < -0.4 is 10.0 Å². The Labute approximate surface area is 134 Å². The van der Waals surface area contributed by atoms with Crippen molar-refractivity contribution in [2.24, 2.45) is 5.73 Å². The molecule has 21 heavy (non-hydrogen) atoms. The second-order valence-electron chi connectivity index (χ2n) is 4.31. The van der Waals surface area contributed by atoms with Gasteiger partial charge in [0.15, 0.2) is 0 Å². The highest BCUT2D eigenvalue weighted by Gasteiger charge is 2.22. The lowest BCUT2D eigenvalue weighted by atomic mass is 10.2. The van der Waals surface area contributed by atoms with Crippen LogP contribution in [0.2, 0.25) is 5.02 Å².